The number of carboxylic acid groups (broad SMARTS) is 1. The highest BCUT2D eigenvalue weighted by atomic mass is 16.5. The molecule has 0 aliphatic heterocycles. The number of nitrogens with two attached hydrogens (primary N) is 1. The van der Waals surface area contributed by atoms with Crippen LogP contribution < -0.4 is 10.5 Å². The van der Waals surface area contributed by atoms with Crippen molar-refractivity contribution in [3.05, 3.63) is 29.8 Å². The van der Waals surface area contributed by atoms with Gasteiger partial charge < -0.3 is 20.5 Å². The van der Waals surface area contributed by atoms with Crippen molar-refractivity contribution in [3.8, 4) is 5.75 Å². The first kappa shape index (κ1) is 14.5. The summed E-state index contributed by atoms with van der Waals surface area (Å²) in [6, 6.07) is 5.87. The van der Waals surface area contributed by atoms with E-state index in [1.54, 1.807) is 24.3 Å². The maximum absolute atomic E-state index is 10.7. The molecule has 1 rings (SSSR count). The van der Waals surface area contributed by atoms with Gasteiger partial charge in [-0.15, -0.1) is 0 Å². The van der Waals surface area contributed by atoms with E-state index in [0.717, 1.165) is 18.7 Å². The fraction of sp³-hybridized carbons (Fsp3) is 0.462. The molecule has 0 aliphatic rings. The van der Waals surface area contributed by atoms with Crippen molar-refractivity contribution >= 4 is 5.97 Å². The minimum absolute atomic E-state index is 0.572. The fourth-order valence-corrected chi connectivity index (χ4v) is 1.48. The summed E-state index contributed by atoms with van der Waals surface area (Å²) in [7, 11) is 4.03. The lowest BCUT2D eigenvalue weighted by molar-refractivity contribution is -0.138. The molecule has 5 heteroatoms. The van der Waals surface area contributed by atoms with Gasteiger partial charge in [0, 0.05) is 6.54 Å². The van der Waals surface area contributed by atoms with Crippen molar-refractivity contribution in [2.75, 3.05) is 27.2 Å². The smallest absolute Gasteiger partial charge is 0.325 e. The van der Waals surface area contributed by atoms with Gasteiger partial charge in [-0.1, -0.05) is 12.1 Å². The van der Waals surface area contributed by atoms with Crippen LogP contribution in [0.5, 0.6) is 5.75 Å². The van der Waals surface area contributed by atoms with E-state index in [2.05, 4.69) is 4.90 Å². The average Bonchev–Trinajstić information content (AvgIpc) is 2.34. The van der Waals surface area contributed by atoms with E-state index in [9.17, 15) is 4.79 Å². The first-order chi connectivity index (χ1) is 8.50. The van der Waals surface area contributed by atoms with E-state index in [0.29, 0.717) is 12.2 Å². The highest BCUT2D eigenvalue weighted by molar-refractivity contribution is 5.75. The van der Waals surface area contributed by atoms with E-state index in [1.165, 1.54) is 0 Å². The van der Waals surface area contributed by atoms with Crippen LogP contribution in [0.15, 0.2) is 24.3 Å². The van der Waals surface area contributed by atoms with Gasteiger partial charge in [-0.25, -0.2) is 0 Å². The Kier molecular flexibility index (Phi) is 5.61. The van der Waals surface area contributed by atoms with Crippen molar-refractivity contribution in [2.45, 2.75) is 12.5 Å². The van der Waals surface area contributed by atoms with Crippen LogP contribution in [0.1, 0.15) is 18.0 Å². The quantitative estimate of drug-likeness (QED) is 0.711. The summed E-state index contributed by atoms with van der Waals surface area (Å²) in [5.74, 6) is -0.301. The number of carboxylic acids is 1. The number of benzene rings is 1. The summed E-state index contributed by atoms with van der Waals surface area (Å²) in [6.45, 7) is 1.62. The van der Waals surface area contributed by atoms with Crippen LogP contribution >= 0.6 is 0 Å². The molecule has 1 aromatic carbocycles. The number of ether oxygens (including phenoxy) is 1. The molecule has 0 bridgehead atoms. The second-order valence-electron chi connectivity index (χ2n) is 4.39. The van der Waals surface area contributed by atoms with E-state index in [-0.39, 0.29) is 0 Å². The van der Waals surface area contributed by atoms with Crippen molar-refractivity contribution < 1.29 is 14.6 Å². The molecule has 3 N–H and O–H groups in total. The molecular weight excluding hydrogens is 232 g/mol. The van der Waals surface area contributed by atoms with Gasteiger partial charge in [-0.2, -0.15) is 0 Å². The van der Waals surface area contributed by atoms with Crippen LogP contribution in [-0.2, 0) is 4.79 Å². The third-order valence-electron chi connectivity index (χ3n) is 2.52. The van der Waals surface area contributed by atoms with Gasteiger partial charge in [0.15, 0.2) is 0 Å². The van der Waals surface area contributed by atoms with Gasteiger partial charge in [0.25, 0.3) is 0 Å². The summed E-state index contributed by atoms with van der Waals surface area (Å²) < 4.78 is 5.54. The van der Waals surface area contributed by atoms with Crippen molar-refractivity contribution in [2.24, 2.45) is 5.73 Å². The maximum Gasteiger partial charge on any atom is 0.325 e. The second kappa shape index (κ2) is 6.98. The van der Waals surface area contributed by atoms with Crippen molar-refractivity contribution in [1.29, 1.82) is 0 Å². The van der Waals surface area contributed by atoms with E-state index in [4.69, 9.17) is 15.6 Å². The van der Waals surface area contributed by atoms with Crippen LogP contribution in [-0.4, -0.2) is 43.2 Å². The summed E-state index contributed by atoms with van der Waals surface area (Å²) >= 11 is 0. The minimum atomic E-state index is -1.03. The van der Waals surface area contributed by atoms with Gasteiger partial charge in [-0.3, -0.25) is 4.79 Å². The normalized spacial score (nSPS) is 12.4. The molecule has 0 aromatic heterocycles. The molecule has 0 amide bonds. The zero-order valence-electron chi connectivity index (χ0n) is 10.8. The van der Waals surface area contributed by atoms with Gasteiger partial charge in [0.05, 0.1) is 6.61 Å². The number of hydrogen-bond acceptors (Lipinski definition) is 4. The second-order valence-corrected chi connectivity index (χ2v) is 4.39. The van der Waals surface area contributed by atoms with Crippen molar-refractivity contribution in [3.63, 3.8) is 0 Å². The Labute approximate surface area is 107 Å². The zero-order chi connectivity index (χ0) is 13.5. The molecule has 0 unspecified atom stereocenters. The van der Waals surface area contributed by atoms with Crippen LogP contribution in [0.25, 0.3) is 0 Å². The molecule has 100 valence electrons. The Morgan fingerprint density at radius 3 is 2.50 bits per heavy atom. The first-order valence-electron chi connectivity index (χ1n) is 5.86. The number of aliphatic carboxylic acids is 1. The lowest BCUT2D eigenvalue weighted by atomic mass is 10.1. The summed E-state index contributed by atoms with van der Waals surface area (Å²) in [5.41, 5.74) is 6.07. The Hall–Kier alpha value is -1.59. The lowest BCUT2D eigenvalue weighted by Crippen LogP contribution is -2.20. The third kappa shape index (κ3) is 4.73. The maximum atomic E-state index is 10.7. The van der Waals surface area contributed by atoms with Crippen molar-refractivity contribution in [1.82, 2.24) is 4.90 Å². The molecule has 0 heterocycles. The van der Waals surface area contributed by atoms with Gasteiger partial charge in [0.1, 0.15) is 11.8 Å². The number of nitrogens with zero attached hydrogens (tertiary/aromatic N) is 1. The largest absolute Gasteiger partial charge is 0.494 e. The van der Waals surface area contributed by atoms with Gasteiger partial charge in [-0.05, 0) is 38.2 Å². The Balaban J connectivity index is 2.43. The standard InChI is InChI=1S/C13H20N2O3/c1-15(2)8-3-9-18-11-6-4-10(5-7-11)12(14)13(16)17/h4-7,12H,3,8-9,14H2,1-2H3,(H,16,17)/t12-/m1/s1. The number of carbonyl (C=O) groups is 1. The number of rotatable bonds is 7. The van der Waals surface area contributed by atoms with E-state index < -0.39 is 12.0 Å². The summed E-state index contributed by atoms with van der Waals surface area (Å²) in [4.78, 5) is 12.8. The predicted molar refractivity (Wildman–Crippen MR) is 69.7 cm³/mol. The molecule has 0 spiro atoms. The Morgan fingerprint density at radius 2 is 2.00 bits per heavy atom. The minimum Gasteiger partial charge on any atom is -0.494 e. The molecule has 0 aliphatic carbocycles. The average molecular weight is 252 g/mol. The van der Waals surface area contributed by atoms with Crippen LogP contribution in [0.2, 0.25) is 0 Å². The molecule has 18 heavy (non-hydrogen) atoms. The first-order valence-corrected chi connectivity index (χ1v) is 5.86. The van der Waals surface area contributed by atoms with E-state index >= 15 is 0 Å². The molecular formula is C13H20N2O3. The highest BCUT2D eigenvalue weighted by Gasteiger charge is 2.13. The molecule has 1 aromatic rings. The molecule has 0 radical (unpaired) electrons. The monoisotopic (exact) mass is 252 g/mol. The van der Waals surface area contributed by atoms with Crippen LogP contribution in [0, 0.1) is 0 Å². The summed E-state index contributed by atoms with van der Waals surface area (Å²) in [6.07, 6.45) is 0.948. The van der Waals surface area contributed by atoms with Crippen LogP contribution in [0.4, 0.5) is 0 Å². The fourth-order valence-electron chi connectivity index (χ4n) is 1.48. The third-order valence-corrected chi connectivity index (χ3v) is 2.52. The highest BCUT2D eigenvalue weighted by Crippen LogP contribution is 2.16. The van der Waals surface area contributed by atoms with E-state index in [1.807, 2.05) is 14.1 Å². The summed E-state index contributed by atoms with van der Waals surface area (Å²) in [5, 5.41) is 8.77. The Morgan fingerprint density at radius 1 is 1.39 bits per heavy atom. The SMILES string of the molecule is CN(C)CCCOc1ccc([C@@H](N)C(=O)O)cc1. The zero-order valence-corrected chi connectivity index (χ0v) is 10.8. The number of hydrogen-bond donors (Lipinski definition) is 2. The van der Waals surface area contributed by atoms with Crippen LogP contribution in [0.3, 0.4) is 0 Å². The molecule has 5 nitrogen and oxygen atoms in total. The molecule has 0 fully saturated rings. The Bertz CT molecular complexity index is 376. The lowest BCUT2D eigenvalue weighted by Gasteiger charge is -2.11. The molecule has 0 saturated heterocycles. The van der Waals surface area contributed by atoms with Gasteiger partial charge >= 0.3 is 5.97 Å². The van der Waals surface area contributed by atoms with Gasteiger partial charge in [0.2, 0.25) is 0 Å². The molecule has 1 atom stereocenters. The predicted octanol–water partition coefficient (Wildman–Crippen LogP) is 1.10. The topological polar surface area (TPSA) is 75.8 Å². The molecule has 0 saturated carbocycles.